The van der Waals surface area contributed by atoms with Crippen LogP contribution in [0.2, 0.25) is 0 Å². The van der Waals surface area contributed by atoms with Crippen LogP contribution in [0.25, 0.3) is 0 Å². The zero-order valence-electron chi connectivity index (χ0n) is 15.3. The molecule has 0 bridgehead atoms. The van der Waals surface area contributed by atoms with E-state index in [9.17, 15) is 26.0 Å². The summed E-state index contributed by atoms with van der Waals surface area (Å²) < 4.78 is 85.0. The van der Waals surface area contributed by atoms with E-state index < -0.39 is 33.2 Å². The lowest BCUT2D eigenvalue weighted by atomic mass is 9.95. The second-order valence-electron chi connectivity index (χ2n) is 7.51. The fourth-order valence-corrected chi connectivity index (χ4v) is 4.68. The number of alkyl halides is 4. The van der Waals surface area contributed by atoms with Crippen LogP contribution >= 0.6 is 0 Å². The molecule has 1 aromatic rings. The van der Waals surface area contributed by atoms with Crippen LogP contribution in [0.15, 0.2) is 0 Å². The van der Waals surface area contributed by atoms with Crippen LogP contribution in [0.3, 0.4) is 0 Å². The first-order valence-corrected chi connectivity index (χ1v) is 10.6. The summed E-state index contributed by atoms with van der Waals surface area (Å²) in [5.74, 6) is -0.681. The summed E-state index contributed by atoms with van der Waals surface area (Å²) in [6, 6.07) is -0.289. The first-order chi connectivity index (χ1) is 13.6. The Morgan fingerprint density at radius 3 is 2.86 bits per heavy atom. The number of rotatable bonds is 5. The molecule has 1 aromatic heterocycles. The zero-order valence-corrected chi connectivity index (χ0v) is 16.2. The molecule has 4 heterocycles. The van der Waals surface area contributed by atoms with E-state index >= 15 is 0 Å². The fourth-order valence-electron chi connectivity index (χ4n) is 4.24. The zero-order chi connectivity index (χ0) is 20.9. The van der Waals surface area contributed by atoms with Gasteiger partial charge in [-0.25, -0.2) is 4.39 Å². The lowest BCUT2D eigenvalue weighted by molar-refractivity contribution is -0.0502. The molecule has 2 atom stereocenters. The minimum atomic E-state index is -5.88. The third kappa shape index (κ3) is 3.87. The number of fused-ring (bicyclic) bond motifs is 2. The molecule has 1 N–H and O–H groups in total. The second-order valence-corrected chi connectivity index (χ2v) is 9.05. The highest BCUT2D eigenvalue weighted by Crippen LogP contribution is 2.40. The topological polar surface area (TPSA) is 93.7 Å². The van der Waals surface area contributed by atoms with Crippen molar-refractivity contribution in [1.82, 2.24) is 20.2 Å². The van der Waals surface area contributed by atoms with Crippen LogP contribution in [0, 0.1) is 0 Å². The van der Waals surface area contributed by atoms with Gasteiger partial charge in [-0.3, -0.25) is 4.90 Å². The third-order valence-corrected chi connectivity index (χ3v) is 6.53. The molecule has 2 saturated heterocycles. The van der Waals surface area contributed by atoms with Gasteiger partial charge in [0.2, 0.25) is 5.88 Å². The lowest BCUT2D eigenvalue weighted by Crippen LogP contribution is -2.43. The highest BCUT2D eigenvalue weighted by Gasteiger charge is 2.50. The molecular weight excluding hydrogens is 420 g/mol. The molecule has 0 amide bonds. The summed E-state index contributed by atoms with van der Waals surface area (Å²) in [5, 5.41) is 3.00. The molecule has 3 aliphatic rings. The Bertz CT molecular complexity index is 898. The van der Waals surface area contributed by atoms with E-state index in [0.717, 1.165) is 19.4 Å². The molecule has 2 fully saturated rings. The van der Waals surface area contributed by atoms with Gasteiger partial charge in [0.15, 0.2) is 0 Å². The van der Waals surface area contributed by atoms with Gasteiger partial charge in [-0.15, -0.1) is 0 Å². The van der Waals surface area contributed by atoms with E-state index in [4.69, 9.17) is 4.74 Å². The van der Waals surface area contributed by atoms with E-state index in [1.165, 1.54) is 0 Å². The number of halogens is 4. The summed E-state index contributed by atoms with van der Waals surface area (Å²) in [5.41, 5.74) is -5.59. The van der Waals surface area contributed by atoms with E-state index in [1.807, 2.05) is 4.90 Å². The fraction of sp³-hybridized carbons (Fsp3) is 0.750. The smallest absolute Gasteiger partial charge is 0.461 e. The molecule has 8 nitrogen and oxygen atoms in total. The normalized spacial score (nSPS) is 27.5. The summed E-state index contributed by atoms with van der Waals surface area (Å²) in [7, 11) is -5.88. The first-order valence-electron chi connectivity index (χ1n) is 9.23. The summed E-state index contributed by atoms with van der Waals surface area (Å²) in [6.45, 7) is 1.74. The highest BCUT2D eigenvalue weighted by molar-refractivity contribution is 7.87. The minimum absolute atomic E-state index is 0.0606. The van der Waals surface area contributed by atoms with Gasteiger partial charge in [0.25, 0.3) is 0 Å². The molecule has 162 valence electrons. The standard InChI is InChI=1S/C16H20F4N4O4S/c17-10-6-15(3-1-5-24(15)8-10)9-27-14-22-12-7-21-4-2-11(12)13(23-14)28-29(25,26)16(18,19)20/h10,21H,1-9H2/t10-,15+/m1/s1. The van der Waals surface area contributed by atoms with Gasteiger partial charge >= 0.3 is 21.6 Å². The quantitative estimate of drug-likeness (QED) is 0.416. The van der Waals surface area contributed by atoms with Crippen molar-refractivity contribution < 1.29 is 34.9 Å². The van der Waals surface area contributed by atoms with Crippen molar-refractivity contribution in [2.45, 2.75) is 49.4 Å². The molecule has 13 heteroatoms. The van der Waals surface area contributed by atoms with Gasteiger partial charge < -0.3 is 14.2 Å². The Morgan fingerprint density at radius 1 is 1.31 bits per heavy atom. The number of nitrogens with one attached hydrogen (secondary N) is 1. The highest BCUT2D eigenvalue weighted by atomic mass is 32.2. The minimum Gasteiger partial charge on any atom is -0.461 e. The monoisotopic (exact) mass is 440 g/mol. The second kappa shape index (κ2) is 7.20. The summed E-state index contributed by atoms with van der Waals surface area (Å²) in [4.78, 5) is 10.00. The van der Waals surface area contributed by atoms with Crippen LogP contribution in [0.4, 0.5) is 17.6 Å². The molecule has 29 heavy (non-hydrogen) atoms. The number of hydrogen-bond acceptors (Lipinski definition) is 8. The number of nitrogens with zero attached hydrogens (tertiary/aromatic N) is 3. The van der Waals surface area contributed by atoms with Crippen LogP contribution in [0.1, 0.15) is 30.5 Å². The van der Waals surface area contributed by atoms with Crippen LogP contribution in [0.5, 0.6) is 11.9 Å². The molecule has 0 spiro atoms. The van der Waals surface area contributed by atoms with Crippen LogP contribution < -0.4 is 14.2 Å². The van der Waals surface area contributed by atoms with Gasteiger partial charge in [-0.1, -0.05) is 0 Å². The molecule has 0 unspecified atom stereocenters. The molecule has 0 aliphatic carbocycles. The predicted octanol–water partition coefficient (Wildman–Crippen LogP) is 1.31. The Morgan fingerprint density at radius 2 is 2.10 bits per heavy atom. The average molecular weight is 440 g/mol. The molecule has 0 saturated carbocycles. The Kier molecular flexibility index (Phi) is 5.10. The van der Waals surface area contributed by atoms with Crippen molar-refractivity contribution in [1.29, 1.82) is 0 Å². The number of ether oxygens (including phenoxy) is 1. The molecule has 4 rings (SSSR count). The maximum Gasteiger partial charge on any atom is 0.534 e. The SMILES string of the molecule is O=S(=O)(Oc1nc(OC[C@@]23CCCN2C[C@H](F)C3)nc2c1CCNC2)C(F)(F)F. The van der Waals surface area contributed by atoms with Crippen molar-refractivity contribution in [3.05, 3.63) is 11.3 Å². The van der Waals surface area contributed by atoms with Gasteiger partial charge in [-0.2, -0.15) is 31.6 Å². The number of aromatic nitrogens is 2. The van der Waals surface area contributed by atoms with Gasteiger partial charge in [0.1, 0.15) is 12.8 Å². The molecule has 0 aromatic carbocycles. The van der Waals surface area contributed by atoms with E-state index in [0.29, 0.717) is 25.2 Å². The Balaban J connectivity index is 1.60. The van der Waals surface area contributed by atoms with Crippen molar-refractivity contribution in [2.75, 3.05) is 26.2 Å². The van der Waals surface area contributed by atoms with Crippen LogP contribution in [-0.2, 0) is 23.1 Å². The Labute approximate surface area is 164 Å². The van der Waals surface area contributed by atoms with E-state index in [2.05, 4.69) is 19.5 Å². The van der Waals surface area contributed by atoms with E-state index in [-0.39, 0.29) is 31.1 Å². The summed E-state index contributed by atoms with van der Waals surface area (Å²) >= 11 is 0. The lowest BCUT2D eigenvalue weighted by Gasteiger charge is -2.31. The van der Waals surface area contributed by atoms with Crippen molar-refractivity contribution in [2.24, 2.45) is 0 Å². The average Bonchev–Trinajstić information content (AvgIpc) is 3.14. The maximum absolute atomic E-state index is 13.9. The van der Waals surface area contributed by atoms with Crippen molar-refractivity contribution in [3.8, 4) is 11.9 Å². The Hall–Kier alpha value is -1.73. The number of hydrogen-bond donors (Lipinski definition) is 1. The maximum atomic E-state index is 13.9. The van der Waals surface area contributed by atoms with Crippen LogP contribution in [-0.4, -0.2) is 66.7 Å². The van der Waals surface area contributed by atoms with Gasteiger partial charge in [0.05, 0.1) is 11.2 Å². The summed E-state index contributed by atoms with van der Waals surface area (Å²) in [6.07, 6.45) is 1.16. The van der Waals surface area contributed by atoms with Crippen molar-refractivity contribution in [3.63, 3.8) is 0 Å². The largest absolute Gasteiger partial charge is 0.534 e. The van der Waals surface area contributed by atoms with Gasteiger partial charge in [-0.05, 0) is 32.4 Å². The predicted molar refractivity (Wildman–Crippen MR) is 91.6 cm³/mol. The molecule has 3 aliphatic heterocycles. The van der Waals surface area contributed by atoms with E-state index in [1.54, 1.807) is 0 Å². The molecule has 0 radical (unpaired) electrons. The first kappa shape index (κ1) is 20.5. The van der Waals surface area contributed by atoms with Gasteiger partial charge in [0, 0.05) is 25.1 Å². The van der Waals surface area contributed by atoms with Crippen molar-refractivity contribution >= 4 is 10.1 Å². The third-order valence-electron chi connectivity index (χ3n) is 5.58. The molecular formula is C16H20F4N4O4S.